The third-order valence-electron chi connectivity index (χ3n) is 2.05. The van der Waals surface area contributed by atoms with E-state index in [1.807, 2.05) is 0 Å². The molecule has 2 aromatic rings. The van der Waals surface area contributed by atoms with Gasteiger partial charge in [0.1, 0.15) is 5.82 Å². The second-order valence-corrected chi connectivity index (χ2v) is 2.89. The normalized spacial score (nSPS) is 10.4. The van der Waals surface area contributed by atoms with E-state index in [9.17, 15) is 4.39 Å². The van der Waals surface area contributed by atoms with Crippen molar-refractivity contribution < 1.29 is 4.39 Å². The number of nitrogens with zero attached hydrogens (tertiary/aromatic N) is 2. The van der Waals surface area contributed by atoms with E-state index in [1.54, 1.807) is 35.3 Å². The zero-order chi connectivity index (χ0) is 9.97. The number of hydrogen-bond donors (Lipinski definition) is 1. The molecule has 0 radical (unpaired) electrons. The van der Waals surface area contributed by atoms with Crippen molar-refractivity contribution >= 4 is 0 Å². The lowest BCUT2D eigenvalue weighted by Crippen LogP contribution is -2.07. The lowest BCUT2D eigenvalue weighted by atomic mass is 10.1. The fourth-order valence-corrected chi connectivity index (χ4v) is 1.38. The van der Waals surface area contributed by atoms with Crippen molar-refractivity contribution in [2.45, 2.75) is 6.54 Å². The zero-order valence-corrected chi connectivity index (χ0v) is 7.52. The van der Waals surface area contributed by atoms with Crippen molar-refractivity contribution in [3.63, 3.8) is 0 Å². The van der Waals surface area contributed by atoms with Crippen molar-refractivity contribution in [1.82, 2.24) is 9.78 Å². The molecule has 0 aliphatic carbocycles. The molecule has 72 valence electrons. The van der Waals surface area contributed by atoms with E-state index in [0.29, 0.717) is 11.3 Å². The van der Waals surface area contributed by atoms with Crippen molar-refractivity contribution in [2.75, 3.05) is 0 Å². The number of aromatic nitrogens is 2. The van der Waals surface area contributed by atoms with Crippen LogP contribution < -0.4 is 5.73 Å². The third kappa shape index (κ3) is 1.40. The first kappa shape index (κ1) is 8.90. The highest BCUT2D eigenvalue weighted by molar-refractivity contribution is 5.40. The van der Waals surface area contributed by atoms with E-state index >= 15 is 0 Å². The zero-order valence-electron chi connectivity index (χ0n) is 7.52. The van der Waals surface area contributed by atoms with Gasteiger partial charge in [-0.1, -0.05) is 6.07 Å². The van der Waals surface area contributed by atoms with Gasteiger partial charge in [-0.25, -0.2) is 9.07 Å². The van der Waals surface area contributed by atoms with Crippen LogP contribution >= 0.6 is 0 Å². The minimum atomic E-state index is -0.291. The van der Waals surface area contributed by atoms with Crippen LogP contribution in [0.4, 0.5) is 4.39 Å². The summed E-state index contributed by atoms with van der Waals surface area (Å²) >= 11 is 0. The van der Waals surface area contributed by atoms with Gasteiger partial charge in [-0.15, -0.1) is 0 Å². The SMILES string of the molecule is NCc1c(F)cccc1-n1cccn1. The van der Waals surface area contributed by atoms with Crippen LogP contribution in [-0.4, -0.2) is 9.78 Å². The smallest absolute Gasteiger partial charge is 0.129 e. The first-order valence-electron chi connectivity index (χ1n) is 4.30. The summed E-state index contributed by atoms with van der Waals surface area (Å²) < 4.78 is 14.9. The van der Waals surface area contributed by atoms with E-state index in [4.69, 9.17) is 5.73 Å². The van der Waals surface area contributed by atoms with Crippen LogP contribution in [0.5, 0.6) is 0 Å². The molecule has 0 saturated heterocycles. The van der Waals surface area contributed by atoms with Gasteiger partial charge in [-0.05, 0) is 18.2 Å². The number of rotatable bonds is 2. The highest BCUT2D eigenvalue weighted by Gasteiger charge is 2.07. The Morgan fingerprint density at radius 1 is 1.36 bits per heavy atom. The van der Waals surface area contributed by atoms with Crippen LogP contribution in [0.15, 0.2) is 36.7 Å². The molecular weight excluding hydrogens is 181 g/mol. The molecule has 0 amide bonds. The lowest BCUT2D eigenvalue weighted by Gasteiger charge is -2.07. The number of hydrogen-bond acceptors (Lipinski definition) is 2. The van der Waals surface area contributed by atoms with E-state index in [1.165, 1.54) is 6.07 Å². The minimum Gasteiger partial charge on any atom is -0.326 e. The summed E-state index contributed by atoms with van der Waals surface area (Å²) in [4.78, 5) is 0. The minimum absolute atomic E-state index is 0.169. The van der Waals surface area contributed by atoms with E-state index in [0.717, 1.165) is 0 Å². The Balaban J connectivity index is 2.58. The van der Waals surface area contributed by atoms with Crippen molar-refractivity contribution in [1.29, 1.82) is 0 Å². The van der Waals surface area contributed by atoms with Gasteiger partial charge in [0.25, 0.3) is 0 Å². The first-order valence-corrected chi connectivity index (χ1v) is 4.30. The van der Waals surface area contributed by atoms with Crippen LogP contribution in [0, 0.1) is 5.82 Å². The summed E-state index contributed by atoms with van der Waals surface area (Å²) in [7, 11) is 0. The summed E-state index contributed by atoms with van der Waals surface area (Å²) in [5.74, 6) is -0.291. The highest BCUT2D eigenvalue weighted by Crippen LogP contribution is 2.16. The summed E-state index contributed by atoms with van der Waals surface area (Å²) in [6, 6.07) is 6.62. The largest absolute Gasteiger partial charge is 0.326 e. The molecule has 3 nitrogen and oxygen atoms in total. The molecule has 1 heterocycles. The Hall–Kier alpha value is -1.68. The maximum absolute atomic E-state index is 13.3. The molecule has 0 aliphatic heterocycles. The van der Waals surface area contributed by atoms with Gasteiger partial charge >= 0.3 is 0 Å². The van der Waals surface area contributed by atoms with Crippen LogP contribution in [0.1, 0.15) is 5.56 Å². The predicted octanol–water partition coefficient (Wildman–Crippen LogP) is 1.47. The summed E-state index contributed by atoms with van der Waals surface area (Å²) in [6.45, 7) is 0.169. The molecule has 0 bridgehead atoms. The highest BCUT2D eigenvalue weighted by atomic mass is 19.1. The monoisotopic (exact) mass is 191 g/mol. The van der Waals surface area contributed by atoms with Crippen molar-refractivity contribution in [3.05, 3.63) is 48.0 Å². The Labute approximate surface area is 81.0 Å². The quantitative estimate of drug-likeness (QED) is 0.781. The van der Waals surface area contributed by atoms with E-state index < -0.39 is 0 Å². The van der Waals surface area contributed by atoms with Gasteiger partial charge in [-0.3, -0.25) is 0 Å². The van der Waals surface area contributed by atoms with Crippen molar-refractivity contribution in [2.24, 2.45) is 5.73 Å². The lowest BCUT2D eigenvalue weighted by molar-refractivity contribution is 0.607. The first-order chi connectivity index (χ1) is 6.83. The average Bonchev–Trinajstić information content (AvgIpc) is 2.70. The predicted molar refractivity (Wildman–Crippen MR) is 51.4 cm³/mol. The van der Waals surface area contributed by atoms with Crippen LogP contribution in [0.3, 0.4) is 0 Å². The van der Waals surface area contributed by atoms with Gasteiger partial charge in [0.05, 0.1) is 5.69 Å². The fraction of sp³-hybridized carbons (Fsp3) is 0.100. The van der Waals surface area contributed by atoms with Gasteiger partial charge < -0.3 is 5.73 Å². The van der Waals surface area contributed by atoms with Crippen LogP contribution in [-0.2, 0) is 6.54 Å². The van der Waals surface area contributed by atoms with Crippen molar-refractivity contribution in [3.8, 4) is 5.69 Å². The van der Waals surface area contributed by atoms with Crippen LogP contribution in [0.2, 0.25) is 0 Å². The molecule has 0 aliphatic rings. The maximum Gasteiger partial charge on any atom is 0.129 e. The molecule has 2 rings (SSSR count). The number of halogens is 1. The Bertz CT molecular complexity index is 423. The van der Waals surface area contributed by atoms with Gasteiger partial charge in [-0.2, -0.15) is 5.10 Å². The van der Waals surface area contributed by atoms with Gasteiger partial charge in [0, 0.05) is 24.5 Å². The second kappa shape index (κ2) is 3.59. The third-order valence-corrected chi connectivity index (χ3v) is 2.05. The summed E-state index contributed by atoms with van der Waals surface area (Å²) in [6.07, 6.45) is 3.40. The number of nitrogens with two attached hydrogens (primary N) is 1. The summed E-state index contributed by atoms with van der Waals surface area (Å²) in [5.41, 5.74) is 6.65. The molecule has 1 aromatic heterocycles. The standard InChI is InChI=1S/C10H10FN3/c11-9-3-1-4-10(8(9)7-12)14-6-2-5-13-14/h1-6H,7,12H2. The number of benzene rings is 1. The summed E-state index contributed by atoms with van der Waals surface area (Å²) in [5, 5.41) is 4.03. The Morgan fingerprint density at radius 2 is 2.21 bits per heavy atom. The van der Waals surface area contributed by atoms with Gasteiger partial charge in [0.2, 0.25) is 0 Å². The van der Waals surface area contributed by atoms with E-state index in [-0.39, 0.29) is 12.4 Å². The molecule has 4 heteroatoms. The molecule has 0 fully saturated rings. The topological polar surface area (TPSA) is 43.8 Å². The molecule has 0 atom stereocenters. The Kier molecular flexibility index (Phi) is 2.28. The molecule has 2 N–H and O–H groups in total. The molecule has 0 saturated carbocycles. The molecule has 0 unspecified atom stereocenters. The Morgan fingerprint density at radius 3 is 2.86 bits per heavy atom. The van der Waals surface area contributed by atoms with E-state index in [2.05, 4.69) is 5.10 Å². The second-order valence-electron chi connectivity index (χ2n) is 2.89. The maximum atomic E-state index is 13.3. The molecule has 14 heavy (non-hydrogen) atoms. The molecule has 0 spiro atoms. The average molecular weight is 191 g/mol. The fourth-order valence-electron chi connectivity index (χ4n) is 1.38. The van der Waals surface area contributed by atoms with Crippen LogP contribution in [0.25, 0.3) is 5.69 Å². The molecular formula is C10H10FN3. The van der Waals surface area contributed by atoms with Gasteiger partial charge in [0.15, 0.2) is 0 Å². The molecule has 1 aromatic carbocycles.